The van der Waals surface area contributed by atoms with Crippen LogP contribution >= 0.6 is 11.3 Å². The zero-order valence-electron chi connectivity index (χ0n) is 18.0. The molecule has 10 heteroatoms. The number of carbonyl (C=O) groups excluding carboxylic acids is 2. The van der Waals surface area contributed by atoms with Gasteiger partial charge in [0, 0.05) is 73.6 Å². The Morgan fingerprint density at radius 3 is 3.00 bits per heavy atom. The molecule has 4 heterocycles. The Labute approximate surface area is 194 Å². The second-order valence-electron chi connectivity index (χ2n) is 8.14. The highest BCUT2D eigenvalue weighted by atomic mass is 32.1. The summed E-state index contributed by atoms with van der Waals surface area (Å²) < 4.78 is 0. The van der Waals surface area contributed by atoms with Gasteiger partial charge >= 0.3 is 0 Å². The molecule has 1 saturated heterocycles. The lowest BCUT2D eigenvalue weighted by Gasteiger charge is -2.26. The molecular weight excluding hydrogens is 440 g/mol. The third kappa shape index (κ3) is 4.08. The van der Waals surface area contributed by atoms with Crippen molar-refractivity contribution >= 4 is 34.0 Å². The number of hydrogen-bond acceptors (Lipinski definition) is 7. The van der Waals surface area contributed by atoms with E-state index < -0.39 is 11.5 Å². The van der Waals surface area contributed by atoms with Gasteiger partial charge in [-0.1, -0.05) is 17.9 Å². The standard InChI is InChI=1S/C23H22N6O3S/c1-28-11-8-23(32,21(28)31)7-5-15-3-2-4-16(13-15)25-20(30)19-17-14-29(22-24-9-12-33-22)10-6-18(17)26-27-19/h2-4,9,12-13,32H,6,8,10-11,14H2,1H3,(H,25,30)(H,26,27)/t23-/m0/s1. The van der Waals surface area contributed by atoms with Crippen LogP contribution < -0.4 is 10.2 Å². The van der Waals surface area contributed by atoms with Crippen molar-refractivity contribution in [1.29, 1.82) is 0 Å². The highest BCUT2D eigenvalue weighted by Gasteiger charge is 2.42. The topological polar surface area (TPSA) is 114 Å². The van der Waals surface area contributed by atoms with Gasteiger partial charge in [-0.2, -0.15) is 5.10 Å². The second kappa shape index (κ2) is 8.35. The number of anilines is 2. The van der Waals surface area contributed by atoms with Gasteiger partial charge in [-0.15, -0.1) is 11.3 Å². The van der Waals surface area contributed by atoms with Gasteiger partial charge in [-0.25, -0.2) is 4.98 Å². The summed E-state index contributed by atoms with van der Waals surface area (Å²) in [5.41, 5.74) is 1.67. The number of aromatic amines is 1. The number of likely N-dealkylation sites (tertiary alicyclic amines) is 1. The molecular formula is C23H22N6O3S. The Morgan fingerprint density at radius 1 is 1.36 bits per heavy atom. The molecule has 3 N–H and O–H groups in total. The van der Waals surface area contributed by atoms with E-state index in [0.717, 1.165) is 29.4 Å². The highest BCUT2D eigenvalue weighted by molar-refractivity contribution is 7.13. The van der Waals surface area contributed by atoms with Crippen molar-refractivity contribution in [1.82, 2.24) is 20.1 Å². The summed E-state index contributed by atoms with van der Waals surface area (Å²) in [6, 6.07) is 6.99. The highest BCUT2D eigenvalue weighted by Crippen LogP contribution is 2.27. The van der Waals surface area contributed by atoms with Gasteiger partial charge < -0.3 is 20.2 Å². The average Bonchev–Trinajstić information content (AvgIpc) is 3.55. The fourth-order valence-electron chi connectivity index (χ4n) is 4.03. The molecule has 168 valence electrons. The Balaban J connectivity index is 1.32. The van der Waals surface area contributed by atoms with Gasteiger partial charge in [-0.05, 0) is 18.2 Å². The summed E-state index contributed by atoms with van der Waals surface area (Å²) in [6.45, 7) is 1.85. The van der Waals surface area contributed by atoms with Crippen LogP contribution in [0.3, 0.4) is 0 Å². The fourth-order valence-corrected chi connectivity index (χ4v) is 4.70. The Hall–Kier alpha value is -3.68. The third-order valence-electron chi connectivity index (χ3n) is 5.88. The van der Waals surface area contributed by atoms with E-state index in [1.54, 1.807) is 48.8 Å². The number of nitrogens with zero attached hydrogens (tertiary/aromatic N) is 4. The van der Waals surface area contributed by atoms with Crippen LogP contribution in [-0.4, -0.2) is 62.7 Å². The lowest BCUT2D eigenvalue weighted by atomic mass is 10.0. The van der Waals surface area contributed by atoms with Crippen LogP contribution in [0.4, 0.5) is 10.8 Å². The maximum atomic E-state index is 13.0. The first-order valence-electron chi connectivity index (χ1n) is 10.6. The molecule has 0 bridgehead atoms. The van der Waals surface area contributed by atoms with Crippen molar-refractivity contribution in [2.75, 3.05) is 30.4 Å². The molecule has 0 saturated carbocycles. The van der Waals surface area contributed by atoms with Gasteiger partial charge in [0.15, 0.2) is 10.8 Å². The number of amides is 2. The molecule has 1 fully saturated rings. The van der Waals surface area contributed by atoms with Crippen LogP contribution in [0.5, 0.6) is 0 Å². The quantitative estimate of drug-likeness (QED) is 0.510. The van der Waals surface area contributed by atoms with Crippen LogP contribution in [0.25, 0.3) is 0 Å². The van der Waals surface area contributed by atoms with E-state index in [1.165, 1.54) is 4.90 Å². The number of fused-ring (bicyclic) bond motifs is 1. The monoisotopic (exact) mass is 462 g/mol. The van der Waals surface area contributed by atoms with Gasteiger partial charge in [0.1, 0.15) is 0 Å². The molecule has 0 spiro atoms. The minimum Gasteiger partial charge on any atom is -0.369 e. The Kier molecular flexibility index (Phi) is 5.36. The number of likely N-dealkylation sites (N-methyl/N-ethyl adjacent to an activating group) is 1. The van der Waals surface area contributed by atoms with E-state index in [-0.39, 0.29) is 12.3 Å². The first kappa shape index (κ1) is 21.2. The number of thiazole rings is 1. The normalized spacial score (nSPS) is 19.8. The number of carbonyl (C=O) groups is 2. The van der Waals surface area contributed by atoms with E-state index in [9.17, 15) is 14.7 Å². The van der Waals surface area contributed by atoms with Crippen LogP contribution in [0.2, 0.25) is 0 Å². The largest absolute Gasteiger partial charge is 0.369 e. The lowest BCUT2D eigenvalue weighted by Crippen LogP contribution is -2.37. The molecule has 2 amide bonds. The summed E-state index contributed by atoms with van der Waals surface area (Å²) in [6.07, 6.45) is 2.80. The van der Waals surface area contributed by atoms with E-state index >= 15 is 0 Å². The molecule has 2 aliphatic rings. The molecule has 2 aromatic heterocycles. The SMILES string of the molecule is CN1CC[C@@](O)(C#Cc2cccc(NC(=O)c3n[nH]c4c3CN(c3nccs3)CC4)c2)C1=O. The minimum absolute atomic E-state index is 0.272. The number of hydrogen-bond donors (Lipinski definition) is 3. The third-order valence-corrected chi connectivity index (χ3v) is 6.71. The maximum absolute atomic E-state index is 13.0. The van der Waals surface area contributed by atoms with E-state index in [0.29, 0.717) is 30.0 Å². The van der Waals surface area contributed by atoms with Gasteiger partial charge in [0.05, 0.1) is 0 Å². The first-order chi connectivity index (χ1) is 15.9. The van der Waals surface area contributed by atoms with Crippen LogP contribution in [0.1, 0.15) is 33.7 Å². The predicted molar refractivity (Wildman–Crippen MR) is 124 cm³/mol. The number of H-pyrrole nitrogens is 1. The molecule has 0 unspecified atom stereocenters. The van der Waals surface area contributed by atoms with E-state index in [4.69, 9.17) is 0 Å². The molecule has 33 heavy (non-hydrogen) atoms. The van der Waals surface area contributed by atoms with Gasteiger partial charge in [0.25, 0.3) is 11.8 Å². The summed E-state index contributed by atoms with van der Waals surface area (Å²) in [5, 5.41) is 23.5. The van der Waals surface area contributed by atoms with Crippen molar-refractivity contribution in [3.05, 3.63) is 58.4 Å². The van der Waals surface area contributed by atoms with Crippen molar-refractivity contribution in [2.24, 2.45) is 0 Å². The molecule has 3 aromatic rings. The number of nitrogens with one attached hydrogen (secondary N) is 2. The molecule has 5 rings (SSSR count). The lowest BCUT2D eigenvalue weighted by molar-refractivity contribution is -0.137. The fraction of sp³-hybridized carbons (Fsp3) is 0.304. The molecule has 0 radical (unpaired) electrons. The Morgan fingerprint density at radius 2 is 2.24 bits per heavy atom. The van der Waals surface area contributed by atoms with Crippen molar-refractivity contribution in [3.63, 3.8) is 0 Å². The molecule has 9 nitrogen and oxygen atoms in total. The Bertz CT molecular complexity index is 1270. The van der Waals surface area contributed by atoms with Crippen molar-refractivity contribution in [2.45, 2.75) is 25.0 Å². The van der Waals surface area contributed by atoms with Gasteiger partial charge in [0.2, 0.25) is 5.60 Å². The van der Waals surface area contributed by atoms with E-state index in [2.05, 4.69) is 37.2 Å². The van der Waals surface area contributed by atoms with Crippen molar-refractivity contribution in [3.8, 4) is 11.8 Å². The summed E-state index contributed by atoms with van der Waals surface area (Å²) in [4.78, 5) is 33.1. The smallest absolute Gasteiger partial charge is 0.276 e. The summed E-state index contributed by atoms with van der Waals surface area (Å²) >= 11 is 1.57. The number of aromatic nitrogens is 3. The zero-order chi connectivity index (χ0) is 23.0. The first-order valence-corrected chi connectivity index (χ1v) is 11.4. The molecule has 2 aliphatic heterocycles. The minimum atomic E-state index is -1.66. The maximum Gasteiger partial charge on any atom is 0.276 e. The van der Waals surface area contributed by atoms with Gasteiger partial charge in [-0.3, -0.25) is 14.7 Å². The molecule has 1 aromatic carbocycles. The van der Waals surface area contributed by atoms with Crippen LogP contribution in [0, 0.1) is 11.8 Å². The predicted octanol–water partition coefficient (Wildman–Crippen LogP) is 1.63. The van der Waals surface area contributed by atoms with Crippen LogP contribution in [0.15, 0.2) is 35.8 Å². The zero-order valence-corrected chi connectivity index (χ0v) is 18.8. The van der Waals surface area contributed by atoms with Crippen molar-refractivity contribution < 1.29 is 14.7 Å². The molecule has 0 aliphatic carbocycles. The summed E-state index contributed by atoms with van der Waals surface area (Å²) in [5.74, 6) is 4.85. The second-order valence-corrected chi connectivity index (χ2v) is 9.01. The molecule has 1 atom stereocenters. The van der Waals surface area contributed by atoms with Crippen LogP contribution in [-0.2, 0) is 17.8 Å². The average molecular weight is 463 g/mol. The number of aliphatic hydroxyl groups is 1. The number of rotatable bonds is 3. The number of benzene rings is 1. The summed E-state index contributed by atoms with van der Waals surface area (Å²) in [7, 11) is 1.64. The van der Waals surface area contributed by atoms with E-state index in [1.807, 2.05) is 5.38 Å².